The first-order valence-corrected chi connectivity index (χ1v) is 7.02. The Morgan fingerprint density at radius 3 is 2.47 bits per heavy atom. The molecule has 1 unspecified atom stereocenters. The van der Waals surface area contributed by atoms with E-state index in [1.807, 2.05) is 20.8 Å². The lowest BCUT2D eigenvalue weighted by Gasteiger charge is -2.38. The van der Waals surface area contributed by atoms with Crippen LogP contribution in [0.3, 0.4) is 0 Å². The Kier molecular flexibility index (Phi) is 5.62. The van der Waals surface area contributed by atoms with Crippen LogP contribution in [0.15, 0.2) is 0 Å². The molecule has 1 saturated heterocycles. The van der Waals surface area contributed by atoms with Gasteiger partial charge in [-0.3, -0.25) is 0 Å². The summed E-state index contributed by atoms with van der Waals surface area (Å²) in [5.74, 6) is 0. The molecule has 1 fully saturated rings. The second-order valence-corrected chi connectivity index (χ2v) is 6.69. The molecule has 0 bridgehead atoms. The summed E-state index contributed by atoms with van der Waals surface area (Å²) in [4.78, 5) is 11.7. The molecular formula is C14H28N2O3. The van der Waals surface area contributed by atoms with E-state index in [2.05, 4.69) is 24.5 Å². The fraction of sp³-hybridized carbons (Fsp3) is 0.929. The van der Waals surface area contributed by atoms with Gasteiger partial charge in [-0.1, -0.05) is 13.8 Å². The average Bonchev–Trinajstić information content (AvgIpc) is 2.22. The van der Waals surface area contributed by atoms with Gasteiger partial charge in [0.05, 0.1) is 13.2 Å². The van der Waals surface area contributed by atoms with Gasteiger partial charge < -0.3 is 20.1 Å². The first-order chi connectivity index (χ1) is 8.74. The van der Waals surface area contributed by atoms with Crippen LogP contribution in [-0.4, -0.2) is 44.0 Å². The molecule has 1 atom stereocenters. The summed E-state index contributed by atoms with van der Waals surface area (Å²) < 4.78 is 10.5. The third kappa shape index (κ3) is 6.25. The SMILES string of the molecule is CCC(CNCC1(C)COC1)NC(=O)OC(C)(C)C. The molecule has 0 spiro atoms. The van der Waals surface area contributed by atoms with Gasteiger partial charge in [0.2, 0.25) is 0 Å². The van der Waals surface area contributed by atoms with Crippen molar-refractivity contribution >= 4 is 6.09 Å². The topological polar surface area (TPSA) is 59.6 Å². The van der Waals surface area contributed by atoms with Crippen LogP contribution in [0.5, 0.6) is 0 Å². The maximum atomic E-state index is 11.7. The van der Waals surface area contributed by atoms with Crippen LogP contribution in [-0.2, 0) is 9.47 Å². The Morgan fingerprint density at radius 2 is 2.05 bits per heavy atom. The van der Waals surface area contributed by atoms with Gasteiger partial charge in [-0.15, -0.1) is 0 Å². The van der Waals surface area contributed by atoms with Crippen molar-refractivity contribution in [1.82, 2.24) is 10.6 Å². The van der Waals surface area contributed by atoms with Crippen LogP contribution in [0.4, 0.5) is 4.79 Å². The van der Waals surface area contributed by atoms with E-state index >= 15 is 0 Å². The van der Waals surface area contributed by atoms with Gasteiger partial charge >= 0.3 is 6.09 Å². The van der Waals surface area contributed by atoms with Gasteiger partial charge in [-0.2, -0.15) is 0 Å². The van der Waals surface area contributed by atoms with E-state index in [9.17, 15) is 4.79 Å². The van der Waals surface area contributed by atoms with Gasteiger partial charge in [-0.25, -0.2) is 4.79 Å². The number of hydrogen-bond acceptors (Lipinski definition) is 4. The second kappa shape index (κ2) is 6.57. The molecule has 0 saturated carbocycles. The number of hydrogen-bond donors (Lipinski definition) is 2. The molecule has 0 aliphatic carbocycles. The minimum atomic E-state index is -0.452. The Labute approximate surface area is 116 Å². The minimum Gasteiger partial charge on any atom is -0.444 e. The van der Waals surface area contributed by atoms with E-state index in [-0.39, 0.29) is 17.6 Å². The van der Waals surface area contributed by atoms with E-state index < -0.39 is 5.60 Å². The van der Waals surface area contributed by atoms with E-state index in [0.717, 1.165) is 32.7 Å². The normalized spacial score (nSPS) is 19.4. The molecule has 5 nitrogen and oxygen atoms in total. The minimum absolute atomic E-state index is 0.0967. The summed E-state index contributed by atoms with van der Waals surface area (Å²) in [6.45, 7) is 13.1. The van der Waals surface area contributed by atoms with Crippen molar-refractivity contribution in [3.8, 4) is 0 Å². The molecule has 2 N–H and O–H groups in total. The number of alkyl carbamates (subject to hydrolysis) is 1. The molecule has 1 rings (SSSR count). The van der Waals surface area contributed by atoms with E-state index in [4.69, 9.17) is 9.47 Å². The van der Waals surface area contributed by atoms with Gasteiger partial charge in [-0.05, 0) is 27.2 Å². The zero-order valence-corrected chi connectivity index (χ0v) is 12.8. The smallest absolute Gasteiger partial charge is 0.407 e. The van der Waals surface area contributed by atoms with E-state index in [0.29, 0.717) is 0 Å². The molecule has 1 heterocycles. The highest BCUT2D eigenvalue weighted by atomic mass is 16.6. The lowest BCUT2D eigenvalue weighted by Crippen LogP contribution is -2.50. The second-order valence-electron chi connectivity index (χ2n) is 6.69. The van der Waals surface area contributed by atoms with Crippen molar-refractivity contribution < 1.29 is 14.3 Å². The molecule has 5 heteroatoms. The standard InChI is InChI=1S/C14H28N2O3/c1-6-11(16-12(17)19-13(2,3)4)7-15-8-14(5)9-18-10-14/h11,15H,6-10H2,1-5H3,(H,16,17). The molecule has 0 radical (unpaired) electrons. The molecule has 0 aromatic heterocycles. The van der Waals surface area contributed by atoms with Crippen molar-refractivity contribution in [2.45, 2.75) is 52.7 Å². The fourth-order valence-electron chi connectivity index (χ4n) is 1.87. The lowest BCUT2D eigenvalue weighted by molar-refractivity contribution is -0.0990. The first-order valence-electron chi connectivity index (χ1n) is 7.02. The van der Waals surface area contributed by atoms with Gasteiger partial charge in [0.1, 0.15) is 5.60 Å². The molecular weight excluding hydrogens is 244 g/mol. The number of nitrogens with one attached hydrogen (secondary N) is 2. The quantitative estimate of drug-likeness (QED) is 0.775. The van der Waals surface area contributed by atoms with Crippen LogP contribution in [0.1, 0.15) is 41.0 Å². The first kappa shape index (κ1) is 16.2. The van der Waals surface area contributed by atoms with Gasteiger partial charge in [0.25, 0.3) is 0 Å². The number of carbonyl (C=O) groups excluding carboxylic acids is 1. The van der Waals surface area contributed by atoms with E-state index in [1.54, 1.807) is 0 Å². The van der Waals surface area contributed by atoms with Crippen molar-refractivity contribution in [2.24, 2.45) is 5.41 Å². The predicted octanol–water partition coefficient (Wildman–Crippen LogP) is 1.92. The van der Waals surface area contributed by atoms with Gasteiger partial charge in [0, 0.05) is 24.5 Å². The molecule has 0 aromatic carbocycles. The van der Waals surface area contributed by atoms with Crippen molar-refractivity contribution in [3.63, 3.8) is 0 Å². The van der Waals surface area contributed by atoms with Crippen molar-refractivity contribution in [1.29, 1.82) is 0 Å². The summed E-state index contributed by atoms with van der Waals surface area (Å²) in [5.41, 5.74) is -0.198. The summed E-state index contributed by atoms with van der Waals surface area (Å²) >= 11 is 0. The van der Waals surface area contributed by atoms with Crippen LogP contribution in [0, 0.1) is 5.41 Å². The number of ether oxygens (including phenoxy) is 2. The third-order valence-corrected chi connectivity index (χ3v) is 3.06. The van der Waals surface area contributed by atoms with Crippen molar-refractivity contribution in [2.75, 3.05) is 26.3 Å². The van der Waals surface area contributed by atoms with Crippen LogP contribution >= 0.6 is 0 Å². The number of amides is 1. The fourth-order valence-corrected chi connectivity index (χ4v) is 1.87. The van der Waals surface area contributed by atoms with Crippen molar-refractivity contribution in [3.05, 3.63) is 0 Å². The Balaban J connectivity index is 2.23. The molecule has 19 heavy (non-hydrogen) atoms. The number of rotatable bonds is 6. The maximum Gasteiger partial charge on any atom is 0.407 e. The number of carbonyl (C=O) groups is 1. The molecule has 1 aliphatic rings. The molecule has 1 amide bonds. The maximum absolute atomic E-state index is 11.7. The van der Waals surface area contributed by atoms with E-state index in [1.165, 1.54) is 0 Å². The lowest BCUT2D eigenvalue weighted by atomic mass is 9.89. The highest BCUT2D eigenvalue weighted by Gasteiger charge is 2.32. The summed E-state index contributed by atoms with van der Waals surface area (Å²) in [6, 6.07) is 0.0967. The monoisotopic (exact) mass is 272 g/mol. The largest absolute Gasteiger partial charge is 0.444 e. The Bertz CT molecular complexity index is 296. The van der Waals surface area contributed by atoms with Crippen LogP contribution in [0.2, 0.25) is 0 Å². The molecule has 0 aromatic rings. The average molecular weight is 272 g/mol. The molecule has 1 aliphatic heterocycles. The third-order valence-electron chi connectivity index (χ3n) is 3.06. The van der Waals surface area contributed by atoms with Crippen LogP contribution in [0.25, 0.3) is 0 Å². The van der Waals surface area contributed by atoms with Crippen LogP contribution < -0.4 is 10.6 Å². The summed E-state index contributed by atoms with van der Waals surface area (Å²) in [6.07, 6.45) is 0.527. The van der Waals surface area contributed by atoms with Gasteiger partial charge in [0.15, 0.2) is 0 Å². The zero-order chi connectivity index (χ0) is 14.5. The summed E-state index contributed by atoms with van der Waals surface area (Å²) in [7, 11) is 0. The highest BCUT2D eigenvalue weighted by Crippen LogP contribution is 2.24. The molecule has 112 valence electrons. The Morgan fingerprint density at radius 1 is 1.42 bits per heavy atom. The Hall–Kier alpha value is -0.810. The predicted molar refractivity (Wildman–Crippen MR) is 75.2 cm³/mol. The summed E-state index contributed by atoms with van der Waals surface area (Å²) in [5, 5.41) is 6.29. The zero-order valence-electron chi connectivity index (χ0n) is 12.8. The highest BCUT2D eigenvalue weighted by molar-refractivity contribution is 5.68.